The van der Waals surface area contributed by atoms with Crippen LogP contribution in [0.2, 0.25) is 0 Å². The smallest absolute Gasteiger partial charge is 0.0700 e. The average Bonchev–Trinajstić information content (AvgIpc) is 2.98. The molecule has 2 rings (SSSR count). The second-order valence-corrected chi connectivity index (χ2v) is 6.28. The molecule has 0 saturated carbocycles. The summed E-state index contributed by atoms with van der Waals surface area (Å²) in [5, 5.41) is 13.3. The van der Waals surface area contributed by atoms with Crippen LogP contribution in [0.15, 0.2) is 24.3 Å². The number of aliphatic hydroxyl groups is 1. The molecule has 2 N–H and O–H groups in total. The van der Waals surface area contributed by atoms with Gasteiger partial charge in [-0.1, -0.05) is 38.1 Å². The summed E-state index contributed by atoms with van der Waals surface area (Å²) in [6, 6.07) is 8.55. The van der Waals surface area contributed by atoms with E-state index in [1.54, 1.807) is 0 Å². The number of benzene rings is 1. The van der Waals surface area contributed by atoms with E-state index in [2.05, 4.69) is 43.4 Å². The van der Waals surface area contributed by atoms with Crippen LogP contribution in [0.3, 0.4) is 0 Å². The first-order valence-corrected chi connectivity index (χ1v) is 7.63. The molecule has 3 nitrogen and oxygen atoms in total. The van der Waals surface area contributed by atoms with Crippen LogP contribution in [-0.4, -0.2) is 31.0 Å². The predicted octanol–water partition coefficient (Wildman–Crippen LogP) is 2.79. The van der Waals surface area contributed by atoms with Crippen LogP contribution in [-0.2, 0) is 10.3 Å². The van der Waals surface area contributed by atoms with E-state index < -0.39 is 5.54 Å². The van der Waals surface area contributed by atoms with Gasteiger partial charge in [0.2, 0.25) is 0 Å². The van der Waals surface area contributed by atoms with Crippen molar-refractivity contribution in [3.05, 3.63) is 35.4 Å². The number of nitrogens with one attached hydrogen (secondary N) is 1. The van der Waals surface area contributed by atoms with Crippen molar-refractivity contribution in [1.29, 1.82) is 0 Å². The van der Waals surface area contributed by atoms with Gasteiger partial charge in [0.1, 0.15) is 0 Å². The monoisotopic (exact) mass is 277 g/mol. The molecule has 1 fully saturated rings. The van der Waals surface area contributed by atoms with Crippen molar-refractivity contribution in [3.63, 3.8) is 0 Å². The summed E-state index contributed by atoms with van der Waals surface area (Å²) in [5.41, 5.74) is 2.05. The lowest BCUT2D eigenvalue weighted by Gasteiger charge is -2.31. The van der Waals surface area contributed by atoms with Gasteiger partial charge in [0.15, 0.2) is 0 Å². The first kappa shape index (κ1) is 15.5. The van der Waals surface area contributed by atoms with Crippen LogP contribution in [0.1, 0.15) is 50.7 Å². The molecule has 0 spiro atoms. The van der Waals surface area contributed by atoms with E-state index >= 15 is 0 Å². The largest absolute Gasteiger partial charge is 0.394 e. The molecular weight excluding hydrogens is 250 g/mol. The molecule has 1 heterocycles. The minimum Gasteiger partial charge on any atom is -0.394 e. The van der Waals surface area contributed by atoms with Crippen LogP contribution < -0.4 is 5.32 Å². The van der Waals surface area contributed by atoms with E-state index in [1.807, 2.05) is 6.92 Å². The Morgan fingerprint density at radius 2 is 2.05 bits per heavy atom. The van der Waals surface area contributed by atoms with Gasteiger partial charge in [0, 0.05) is 13.2 Å². The molecule has 2 atom stereocenters. The highest BCUT2D eigenvalue weighted by Gasteiger charge is 2.27. The van der Waals surface area contributed by atoms with Crippen molar-refractivity contribution in [2.75, 3.05) is 19.8 Å². The second-order valence-electron chi connectivity index (χ2n) is 6.28. The van der Waals surface area contributed by atoms with E-state index in [1.165, 1.54) is 5.56 Å². The van der Waals surface area contributed by atoms with Crippen LogP contribution in [0.25, 0.3) is 0 Å². The first-order chi connectivity index (χ1) is 9.55. The lowest BCUT2D eigenvalue weighted by Crippen LogP contribution is -2.46. The summed E-state index contributed by atoms with van der Waals surface area (Å²) in [5.74, 6) is 0.532. The molecule has 0 aromatic heterocycles. The number of rotatable bonds is 6. The molecule has 0 aliphatic carbocycles. The van der Waals surface area contributed by atoms with Crippen molar-refractivity contribution in [3.8, 4) is 0 Å². The molecule has 1 aromatic carbocycles. The molecule has 1 aliphatic rings. The van der Waals surface area contributed by atoms with Crippen molar-refractivity contribution in [2.45, 2.75) is 51.2 Å². The van der Waals surface area contributed by atoms with Gasteiger partial charge >= 0.3 is 0 Å². The van der Waals surface area contributed by atoms with Gasteiger partial charge in [0.05, 0.1) is 18.2 Å². The molecule has 112 valence electrons. The van der Waals surface area contributed by atoms with Gasteiger partial charge in [-0.2, -0.15) is 0 Å². The molecular formula is C17H27NO2. The third kappa shape index (κ3) is 3.60. The van der Waals surface area contributed by atoms with Gasteiger partial charge in [0.25, 0.3) is 0 Å². The molecule has 20 heavy (non-hydrogen) atoms. The minimum absolute atomic E-state index is 0.0841. The lowest BCUT2D eigenvalue weighted by atomic mass is 9.90. The highest BCUT2D eigenvalue weighted by Crippen LogP contribution is 2.24. The fourth-order valence-corrected chi connectivity index (χ4v) is 2.63. The molecule has 1 saturated heterocycles. The summed E-state index contributed by atoms with van der Waals surface area (Å²) in [7, 11) is 0. The van der Waals surface area contributed by atoms with Gasteiger partial charge in [-0.3, -0.25) is 0 Å². The molecule has 0 amide bonds. The fraction of sp³-hybridized carbons (Fsp3) is 0.647. The SMILES string of the molecule is CC(C)c1ccc(C(C)(CO)NCC2CCCO2)cc1. The van der Waals surface area contributed by atoms with Crippen molar-refractivity contribution in [1.82, 2.24) is 5.32 Å². The predicted molar refractivity (Wildman–Crippen MR) is 81.9 cm³/mol. The molecule has 0 bridgehead atoms. The van der Waals surface area contributed by atoms with Gasteiger partial charge in [-0.05, 0) is 36.8 Å². The summed E-state index contributed by atoms with van der Waals surface area (Å²) in [6.07, 6.45) is 2.54. The third-order valence-electron chi connectivity index (χ3n) is 4.27. The van der Waals surface area contributed by atoms with Gasteiger partial charge < -0.3 is 15.2 Å². The number of hydrogen-bond acceptors (Lipinski definition) is 3. The summed E-state index contributed by atoms with van der Waals surface area (Å²) in [6.45, 7) is 8.17. The molecule has 2 unspecified atom stereocenters. The Hall–Kier alpha value is -0.900. The second kappa shape index (κ2) is 6.70. The Labute approximate surface area is 122 Å². The van der Waals surface area contributed by atoms with E-state index in [0.717, 1.165) is 31.6 Å². The highest BCUT2D eigenvalue weighted by molar-refractivity contribution is 5.29. The lowest BCUT2D eigenvalue weighted by molar-refractivity contribution is 0.0910. The Morgan fingerprint density at radius 1 is 1.35 bits per heavy atom. The number of ether oxygens (including phenoxy) is 1. The van der Waals surface area contributed by atoms with Crippen molar-refractivity contribution >= 4 is 0 Å². The quantitative estimate of drug-likeness (QED) is 0.840. The van der Waals surface area contributed by atoms with Gasteiger partial charge in [-0.15, -0.1) is 0 Å². The summed E-state index contributed by atoms with van der Waals surface area (Å²) in [4.78, 5) is 0. The number of hydrogen-bond donors (Lipinski definition) is 2. The normalized spacial score (nSPS) is 22.1. The van der Waals surface area contributed by atoms with Crippen molar-refractivity contribution < 1.29 is 9.84 Å². The third-order valence-corrected chi connectivity index (χ3v) is 4.27. The van der Waals surface area contributed by atoms with E-state index in [0.29, 0.717) is 5.92 Å². The van der Waals surface area contributed by atoms with E-state index in [4.69, 9.17) is 4.74 Å². The zero-order valence-corrected chi connectivity index (χ0v) is 12.9. The Balaban J connectivity index is 2.04. The van der Waals surface area contributed by atoms with Crippen LogP contribution in [0.4, 0.5) is 0 Å². The van der Waals surface area contributed by atoms with E-state index in [-0.39, 0.29) is 12.7 Å². The zero-order valence-electron chi connectivity index (χ0n) is 12.9. The highest BCUT2D eigenvalue weighted by atomic mass is 16.5. The first-order valence-electron chi connectivity index (χ1n) is 7.63. The Morgan fingerprint density at radius 3 is 2.55 bits per heavy atom. The van der Waals surface area contributed by atoms with Crippen LogP contribution >= 0.6 is 0 Å². The van der Waals surface area contributed by atoms with Crippen LogP contribution in [0.5, 0.6) is 0 Å². The molecule has 1 aromatic rings. The Bertz CT molecular complexity index is 410. The topological polar surface area (TPSA) is 41.5 Å². The Kier molecular flexibility index (Phi) is 5.19. The maximum Gasteiger partial charge on any atom is 0.0700 e. The van der Waals surface area contributed by atoms with E-state index in [9.17, 15) is 5.11 Å². The maximum absolute atomic E-state index is 9.79. The van der Waals surface area contributed by atoms with Crippen molar-refractivity contribution in [2.24, 2.45) is 0 Å². The summed E-state index contributed by atoms with van der Waals surface area (Å²) >= 11 is 0. The molecule has 1 aliphatic heterocycles. The number of aliphatic hydroxyl groups excluding tert-OH is 1. The minimum atomic E-state index is -0.401. The summed E-state index contributed by atoms with van der Waals surface area (Å²) < 4.78 is 5.64. The zero-order chi connectivity index (χ0) is 14.6. The maximum atomic E-state index is 9.79. The van der Waals surface area contributed by atoms with Crippen LogP contribution in [0, 0.1) is 0 Å². The standard InChI is InChI=1S/C17H27NO2/c1-13(2)14-6-8-15(9-7-14)17(3,12-19)18-11-16-5-4-10-20-16/h6-9,13,16,18-19H,4-5,10-12H2,1-3H3. The average molecular weight is 277 g/mol. The molecule has 0 radical (unpaired) electrons. The molecule has 3 heteroatoms. The van der Waals surface area contributed by atoms with Gasteiger partial charge in [-0.25, -0.2) is 0 Å². The fourth-order valence-electron chi connectivity index (χ4n) is 2.63.